The Morgan fingerprint density at radius 2 is 1.72 bits per heavy atom. The molecule has 0 spiro atoms. The Bertz CT molecular complexity index is 789. The first-order chi connectivity index (χ1) is 11.7. The molecule has 2 aromatic carbocycles. The standard InChI is InChI=1S/C16H11ClF4N2O2/c17-10-5-3-6-11(18)13(10)14(24)22-8-9-4-1-2-7-12(9)23-15(25)16(19,20)21/h1-7H,8H2,(H,22,24)(H,23,25). The molecule has 0 saturated carbocycles. The zero-order chi connectivity index (χ0) is 18.6. The lowest BCUT2D eigenvalue weighted by Gasteiger charge is -2.13. The van der Waals surface area contributed by atoms with Crippen LogP contribution in [0.15, 0.2) is 42.5 Å². The summed E-state index contributed by atoms with van der Waals surface area (Å²) in [5.41, 5.74) is -0.286. The highest BCUT2D eigenvalue weighted by molar-refractivity contribution is 6.33. The molecule has 0 radical (unpaired) electrons. The predicted molar refractivity (Wildman–Crippen MR) is 83.7 cm³/mol. The van der Waals surface area contributed by atoms with Crippen LogP contribution in [0.25, 0.3) is 0 Å². The van der Waals surface area contributed by atoms with E-state index in [1.165, 1.54) is 36.4 Å². The number of carbonyl (C=O) groups excluding carboxylic acids is 2. The maximum Gasteiger partial charge on any atom is 0.471 e. The van der Waals surface area contributed by atoms with Crippen LogP contribution >= 0.6 is 11.6 Å². The third-order valence-corrected chi connectivity index (χ3v) is 3.47. The minimum Gasteiger partial charge on any atom is -0.348 e. The van der Waals surface area contributed by atoms with Crippen molar-refractivity contribution in [2.24, 2.45) is 0 Å². The van der Waals surface area contributed by atoms with Crippen LogP contribution in [0, 0.1) is 5.82 Å². The number of hydrogen-bond donors (Lipinski definition) is 2. The minimum absolute atomic E-state index is 0.101. The van der Waals surface area contributed by atoms with Crippen molar-refractivity contribution < 1.29 is 27.2 Å². The van der Waals surface area contributed by atoms with Gasteiger partial charge in [0.2, 0.25) is 0 Å². The summed E-state index contributed by atoms with van der Waals surface area (Å²) in [5, 5.41) is 3.97. The summed E-state index contributed by atoms with van der Waals surface area (Å²) in [4.78, 5) is 23.1. The third-order valence-electron chi connectivity index (χ3n) is 3.15. The van der Waals surface area contributed by atoms with Gasteiger partial charge in [-0.15, -0.1) is 0 Å². The lowest BCUT2D eigenvalue weighted by molar-refractivity contribution is -0.167. The van der Waals surface area contributed by atoms with Crippen molar-refractivity contribution in [3.05, 3.63) is 64.4 Å². The number of carbonyl (C=O) groups is 2. The molecule has 0 unspecified atom stereocenters. The van der Waals surface area contributed by atoms with Gasteiger partial charge in [-0.25, -0.2) is 4.39 Å². The molecule has 9 heteroatoms. The van der Waals surface area contributed by atoms with Crippen molar-refractivity contribution in [1.29, 1.82) is 0 Å². The number of halogens is 5. The molecular weight excluding hydrogens is 364 g/mol. The average Bonchev–Trinajstić information content (AvgIpc) is 2.53. The molecule has 2 aromatic rings. The topological polar surface area (TPSA) is 58.2 Å². The number of nitrogens with one attached hydrogen (secondary N) is 2. The van der Waals surface area contributed by atoms with Crippen molar-refractivity contribution in [2.75, 3.05) is 5.32 Å². The summed E-state index contributed by atoms with van der Waals surface area (Å²) in [7, 11) is 0. The molecule has 0 saturated heterocycles. The molecule has 0 aliphatic carbocycles. The number of hydrogen-bond acceptors (Lipinski definition) is 2. The quantitative estimate of drug-likeness (QED) is 0.797. The number of alkyl halides is 3. The highest BCUT2D eigenvalue weighted by Crippen LogP contribution is 2.22. The second kappa shape index (κ2) is 7.52. The predicted octanol–water partition coefficient (Wildman–Crippen LogP) is 3.91. The number of para-hydroxylation sites is 1. The van der Waals surface area contributed by atoms with E-state index in [1.807, 2.05) is 0 Å². The van der Waals surface area contributed by atoms with Gasteiger partial charge in [0.1, 0.15) is 5.82 Å². The van der Waals surface area contributed by atoms with Gasteiger partial charge in [0, 0.05) is 12.2 Å². The highest BCUT2D eigenvalue weighted by Gasteiger charge is 2.38. The first-order valence-electron chi connectivity index (χ1n) is 6.88. The smallest absolute Gasteiger partial charge is 0.348 e. The number of benzene rings is 2. The van der Waals surface area contributed by atoms with E-state index in [9.17, 15) is 27.2 Å². The van der Waals surface area contributed by atoms with Crippen LogP contribution in [0.3, 0.4) is 0 Å². The molecule has 25 heavy (non-hydrogen) atoms. The highest BCUT2D eigenvalue weighted by atomic mass is 35.5. The Labute approximate surface area is 144 Å². The van der Waals surface area contributed by atoms with Crippen LogP contribution in [-0.4, -0.2) is 18.0 Å². The van der Waals surface area contributed by atoms with Crippen LogP contribution in [0.4, 0.5) is 23.2 Å². The molecular formula is C16H11ClF4N2O2. The number of anilines is 1. The molecule has 0 bridgehead atoms. The largest absolute Gasteiger partial charge is 0.471 e. The summed E-state index contributed by atoms with van der Waals surface area (Å²) < 4.78 is 50.7. The van der Waals surface area contributed by atoms with Gasteiger partial charge in [0.25, 0.3) is 5.91 Å². The molecule has 0 aliphatic rings. The van der Waals surface area contributed by atoms with Gasteiger partial charge in [-0.3, -0.25) is 9.59 Å². The normalized spacial score (nSPS) is 11.1. The molecule has 0 heterocycles. The average molecular weight is 375 g/mol. The van der Waals surface area contributed by atoms with E-state index in [1.54, 1.807) is 5.32 Å². The first-order valence-corrected chi connectivity index (χ1v) is 7.26. The van der Waals surface area contributed by atoms with E-state index >= 15 is 0 Å². The van der Waals surface area contributed by atoms with Crippen LogP contribution in [0.5, 0.6) is 0 Å². The monoisotopic (exact) mass is 374 g/mol. The molecule has 0 fully saturated rings. The molecule has 132 valence electrons. The Morgan fingerprint density at radius 1 is 1.04 bits per heavy atom. The lowest BCUT2D eigenvalue weighted by atomic mass is 10.1. The van der Waals surface area contributed by atoms with Gasteiger partial charge in [0.15, 0.2) is 0 Å². The van der Waals surface area contributed by atoms with Crippen LogP contribution in [0.2, 0.25) is 5.02 Å². The van der Waals surface area contributed by atoms with Crippen molar-refractivity contribution in [3.8, 4) is 0 Å². The van der Waals surface area contributed by atoms with E-state index in [4.69, 9.17) is 11.6 Å². The van der Waals surface area contributed by atoms with E-state index in [-0.39, 0.29) is 28.4 Å². The fraction of sp³-hybridized carbons (Fsp3) is 0.125. The Morgan fingerprint density at radius 3 is 2.36 bits per heavy atom. The number of rotatable bonds is 4. The van der Waals surface area contributed by atoms with Gasteiger partial charge in [-0.2, -0.15) is 13.2 Å². The first kappa shape index (κ1) is 18.7. The fourth-order valence-corrected chi connectivity index (χ4v) is 2.22. The van der Waals surface area contributed by atoms with Crippen LogP contribution in [-0.2, 0) is 11.3 Å². The molecule has 2 amide bonds. The van der Waals surface area contributed by atoms with E-state index in [0.717, 1.165) is 6.07 Å². The van der Waals surface area contributed by atoms with Crippen molar-refractivity contribution >= 4 is 29.1 Å². The summed E-state index contributed by atoms with van der Waals surface area (Å²) in [6.07, 6.45) is -5.04. The summed E-state index contributed by atoms with van der Waals surface area (Å²) >= 11 is 5.77. The SMILES string of the molecule is O=C(NCc1ccccc1NC(=O)C(F)(F)F)c1c(F)cccc1Cl. The lowest BCUT2D eigenvalue weighted by Crippen LogP contribution is -2.31. The summed E-state index contributed by atoms with van der Waals surface area (Å²) in [6.45, 7) is -0.238. The van der Waals surface area contributed by atoms with Gasteiger partial charge in [-0.1, -0.05) is 35.9 Å². The maximum atomic E-state index is 13.7. The van der Waals surface area contributed by atoms with Gasteiger partial charge in [-0.05, 0) is 23.8 Å². The van der Waals surface area contributed by atoms with E-state index < -0.39 is 23.8 Å². The minimum atomic E-state index is -5.04. The van der Waals surface area contributed by atoms with Gasteiger partial charge >= 0.3 is 12.1 Å². The third kappa shape index (κ3) is 4.69. The van der Waals surface area contributed by atoms with Crippen molar-refractivity contribution in [2.45, 2.75) is 12.7 Å². The Balaban J connectivity index is 2.14. The fourth-order valence-electron chi connectivity index (χ4n) is 1.97. The molecule has 4 nitrogen and oxygen atoms in total. The van der Waals surface area contributed by atoms with Crippen LogP contribution in [0.1, 0.15) is 15.9 Å². The van der Waals surface area contributed by atoms with E-state index in [0.29, 0.717) is 0 Å². The molecule has 0 aromatic heterocycles. The number of amides is 2. The Hall–Kier alpha value is -2.61. The summed E-state index contributed by atoms with van der Waals surface area (Å²) in [5.74, 6) is -3.80. The van der Waals surface area contributed by atoms with Gasteiger partial charge < -0.3 is 10.6 Å². The molecule has 0 atom stereocenters. The van der Waals surface area contributed by atoms with Crippen molar-refractivity contribution in [1.82, 2.24) is 5.32 Å². The zero-order valence-electron chi connectivity index (χ0n) is 12.5. The Kier molecular flexibility index (Phi) is 5.63. The summed E-state index contributed by atoms with van der Waals surface area (Å²) in [6, 6.07) is 9.31. The second-order valence-electron chi connectivity index (χ2n) is 4.89. The zero-order valence-corrected chi connectivity index (χ0v) is 13.2. The van der Waals surface area contributed by atoms with Crippen LogP contribution < -0.4 is 10.6 Å². The second-order valence-corrected chi connectivity index (χ2v) is 5.30. The molecule has 2 rings (SSSR count). The molecule has 2 N–H and O–H groups in total. The van der Waals surface area contributed by atoms with Crippen molar-refractivity contribution in [3.63, 3.8) is 0 Å². The van der Waals surface area contributed by atoms with E-state index in [2.05, 4.69) is 5.32 Å². The molecule has 0 aliphatic heterocycles. The maximum absolute atomic E-state index is 13.7. The van der Waals surface area contributed by atoms with Gasteiger partial charge in [0.05, 0.1) is 10.6 Å².